The number of aryl methyl sites for hydroxylation is 3. The lowest BCUT2D eigenvalue weighted by atomic mass is 10.1. The van der Waals surface area contributed by atoms with Crippen molar-refractivity contribution in [3.63, 3.8) is 0 Å². The highest BCUT2D eigenvalue weighted by Gasteiger charge is 2.27. The average Bonchev–Trinajstić information content (AvgIpc) is 2.86. The summed E-state index contributed by atoms with van der Waals surface area (Å²) < 4.78 is 2.05. The summed E-state index contributed by atoms with van der Waals surface area (Å²) in [4.78, 5) is 22.8. The van der Waals surface area contributed by atoms with Crippen LogP contribution in [0.3, 0.4) is 0 Å². The van der Waals surface area contributed by atoms with E-state index in [4.69, 9.17) is 0 Å². The van der Waals surface area contributed by atoms with E-state index in [1.165, 1.54) is 0 Å². The van der Waals surface area contributed by atoms with Crippen molar-refractivity contribution in [2.45, 2.75) is 39.7 Å². The maximum Gasteiger partial charge on any atom is 0.274 e. The second-order valence-corrected chi connectivity index (χ2v) is 5.96. The molecule has 1 saturated heterocycles. The van der Waals surface area contributed by atoms with Crippen molar-refractivity contribution >= 4 is 5.91 Å². The van der Waals surface area contributed by atoms with Crippen LogP contribution in [-0.2, 0) is 0 Å². The zero-order valence-corrected chi connectivity index (χ0v) is 13.3. The number of aromatic nitrogens is 4. The van der Waals surface area contributed by atoms with Gasteiger partial charge in [-0.15, -0.1) is 0 Å². The summed E-state index contributed by atoms with van der Waals surface area (Å²) >= 11 is 0. The van der Waals surface area contributed by atoms with Gasteiger partial charge in [-0.3, -0.25) is 14.5 Å². The molecule has 0 radical (unpaired) electrons. The molecule has 1 atom stereocenters. The van der Waals surface area contributed by atoms with Crippen LogP contribution in [0.2, 0.25) is 0 Å². The van der Waals surface area contributed by atoms with Gasteiger partial charge in [0.15, 0.2) is 0 Å². The molecular formula is C16H21N5O. The van der Waals surface area contributed by atoms with Crippen LogP contribution in [0, 0.1) is 20.8 Å². The Hall–Kier alpha value is -2.24. The van der Waals surface area contributed by atoms with Crippen molar-refractivity contribution in [1.82, 2.24) is 24.6 Å². The fourth-order valence-electron chi connectivity index (χ4n) is 3.02. The quantitative estimate of drug-likeness (QED) is 0.851. The molecule has 22 heavy (non-hydrogen) atoms. The van der Waals surface area contributed by atoms with Gasteiger partial charge in [-0.2, -0.15) is 5.10 Å². The Morgan fingerprint density at radius 2 is 2.00 bits per heavy atom. The van der Waals surface area contributed by atoms with Gasteiger partial charge < -0.3 is 4.90 Å². The number of hydrogen-bond acceptors (Lipinski definition) is 4. The van der Waals surface area contributed by atoms with Gasteiger partial charge >= 0.3 is 0 Å². The number of piperidine rings is 1. The number of carbonyl (C=O) groups excluding carboxylic acids is 1. The lowest BCUT2D eigenvalue weighted by molar-refractivity contribution is 0.0665. The summed E-state index contributed by atoms with van der Waals surface area (Å²) in [7, 11) is 0. The molecule has 6 nitrogen and oxygen atoms in total. The van der Waals surface area contributed by atoms with Crippen molar-refractivity contribution in [2.75, 3.05) is 13.1 Å². The fourth-order valence-corrected chi connectivity index (χ4v) is 3.02. The highest BCUT2D eigenvalue weighted by Crippen LogP contribution is 2.23. The van der Waals surface area contributed by atoms with Crippen LogP contribution >= 0.6 is 0 Å². The minimum atomic E-state index is -0.0428. The van der Waals surface area contributed by atoms with E-state index in [1.54, 1.807) is 12.4 Å². The van der Waals surface area contributed by atoms with Crippen molar-refractivity contribution in [3.8, 4) is 0 Å². The lowest BCUT2D eigenvalue weighted by Crippen LogP contribution is -2.41. The minimum absolute atomic E-state index is 0.0428. The highest BCUT2D eigenvalue weighted by atomic mass is 16.2. The monoisotopic (exact) mass is 299 g/mol. The Balaban J connectivity index is 1.76. The van der Waals surface area contributed by atoms with Gasteiger partial charge in [-0.05, 0) is 39.7 Å². The molecule has 0 aromatic carbocycles. The first kappa shape index (κ1) is 14.7. The molecule has 2 aromatic rings. The molecule has 0 saturated carbocycles. The van der Waals surface area contributed by atoms with Crippen LogP contribution in [-0.4, -0.2) is 43.6 Å². The van der Waals surface area contributed by atoms with Gasteiger partial charge in [0.25, 0.3) is 5.91 Å². The molecule has 1 amide bonds. The number of hydrogen-bond donors (Lipinski definition) is 0. The Morgan fingerprint density at radius 3 is 2.64 bits per heavy atom. The largest absolute Gasteiger partial charge is 0.335 e. The lowest BCUT2D eigenvalue weighted by Gasteiger charge is -2.33. The minimum Gasteiger partial charge on any atom is -0.335 e. The van der Waals surface area contributed by atoms with Crippen LogP contribution < -0.4 is 0 Å². The van der Waals surface area contributed by atoms with Crippen LogP contribution in [0.5, 0.6) is 0 Å². The van der Waals surface area contributed by atoms with Gasteiger partial charge in [0, 0.05) is 25.0 Å². The van der Waals surface area contributed by atoms with Gasteiger partial charge in [0.1, 0.15) is 5.69 Å². The predicted octanol–water partition coefficient (Wildman–Crippen LogP) is 2.08. The maximum absolute atomic E-state index is 12.6. The third-order valence-electron chi connectivity index (χ3n) is 4.07. The summed E-state index contributed by atoms with van der Waals surface area (Å²) in [5, 5.41) is 4.56. The summed E-state index contributed by atoms with van der Waals surface area (Å²) in [6, 6.07) is 2.32. The van der Waals surface area contributed by atoms with E-state index in [9.17, 15) is 4.79 Å². The molecule has 2 aromatic heterocycles. The molecule has 0 aliphatic carbocycles. The van der Waals surface area contributed by atoms with Crippen molar-refractivity contribution < 1.29 is 4.79 Å². The zero-order chi connectivity index (χ0) is 15.7. The van der Waals surface area contributed by atoms with Crippen molar-refractivity contribution in [3.05, 3.63) is 41.2 Å². The Labute approximate surface area is 130 Å². The smallest absolute Gasteiger partial charge is 0.274 e. The van der Waals surface area contributed by atoms with Gasteiger partial charge in [-0.25, -0.2) is 4.98 Å². The van der Waals surface area contributed by atoms with E-state index in [0.29, 0.717) is 12.2 Å². The number of rotatable bonds is 2. The predicted molar refractivity (Wildman–Crippen MR) is 82.6 cm³/mol. The maximum atomic E-state index is 12.6. The van der Waals surface area contributed by atoms with Crippen LogP contribution in [0.1, 0.15) is 46.5 Å². The Kier molecular flexibility index (Phi) is 3.92. The zero-order valence-electron chi connectivity index (χ0n) is 13.3. The SMILES string of the molecule is Cc1cnc(C(=O)N2CCCC(n3nc(C)cc3C)C2)cn1. The number of amides is 1. The van der Waals surface area contributed by atoms with Crippen LogP contribution in [0.25, 0.3) is 0 Å². The molecule has 3 heterocycles. The molecule has 3 rings (SSSR count). The molecule has 1 aliphatic rings. The molecular weight excluding hydrogens is 278 g/mol. The molecule has 1 unspecified atom stereocenters. The number of likely N-dealkylation sites (tertiary alicyclic amines) is 1. The van der Waals surface area contributed by atoms with E-state index in [0.717, 1.165) is 36.5 Å². The molecule has 116 valence electrons. The molecule has 0 N–H and O–H groups in total. The normalized spacial score (nSPS) is 18.5. The topological polar surface area (TPSA) is 63.9 Å². The second-order valence-electron chi connectivity index (χ2n) is 5.96. The second kappa shape index (κ2) is 5.87. The summed E-state index contributed by atoms with van der Waals surface area (Å²) in [5.41, 5.74) is 3.40. The fraction of sp³-hybridized carbons (Fsp3) is 0.500. The van der Waals surface area contributed by atoms with E-state index < -0.39 is 0 Å². The number of carbonyl (C=O) groups is 1. The van der Waals surface area contributed by atoms with Crippen LogP contribution in [0.4, 0.5) is 0 Å². The van der Waals surface area contributed by atoms with E-state index in [2.05, 4.69) is 32.7 Å². The van der Waals surface area contributed by atoms with Crippen LogP contribution in [0.15, 0.2) is 18.5 Å². The van der Waals surface area contributed by atoms with Gasteiger partial charge in [0.2, 0.25) is 0 Å². The summed E-state index contributed by atoms with van der Waals surface area (Å²) in [6.07, 6.45) is 5.22. The summed E-state index contributed by atoms with van der Waals surface area (Å²) in [5.74, 6) is -0.0428. The van der Waals surface area contributed by atoms with Crippen molar-refractivity contribution in [1.29, 1.82) is 0 Å². The molecule has 1 aliphatic heterocycles. The molecule has 0 spiro atoms. The third kappa shape index (κ3) is 2.86. The standard InChI is InChI=1S/C16H21N5O/c1-11-7-13(3)21(19-11)14-5-4-6-20(10-14)16(22)15-9-17-12(2)8-18-15/h7-9,14H,4-6,10H2,1-3H3. The Bertz CT molecular complexity index is 676. The first-order valence-corrected chi connectivity index (χ1v) is 7.65. The molecule has 0 bridgehead atoms. The van der Waals surface area contributed by atoms with Gasteiger partial charge in [-0.1, -0.05) is 0 Å². The third-order valence-corrected chi connectivity index (χ3v) is 4.07. The first-order chi connectivity index (χ1) is 10.5. The average molecular weight is 299 g/mol. The van der Waals surface area contributed by atoms with Gasteiger partial charge in [0.05, 0.1) is 23.6 Å². The van der Waals surface area contributed by atoms with E-state index >= 15 is 0 Å². The molecule has 1 fully saturated rings. The first-order valence-electron chi connectivity index (χ1n) is 7.65. The van der Waals surface area contributed by atoms with Crippen molar-refractivity contribution in [2.24, 2.45) is 0 Å². The Morgan fingerprint density at radius 1 is 1.18 bits per heavy atom. The molecule has 6 heteroatoms. The van der Waals surface area contributed by atoms with E-state index in [1.807, 2.05) is 18.7 Å². The number of nitrogens with zero attached hydrogens (tertiary/aromatic N) is 5. The van der Waals surface area contributed by atoms with E-state index in [-0.39, 0.29) is 11.9 Å². The summed E-state index contributed by atoms with van der Waals surface area (Å²) in [6.45, 7) is 7.37. The highest BCUT2D eigenvalue weighted by molar-refractivity contribution is 5.92.